The molecule has 7 nitrogen and oxygen atoms in total. The first-order valence-electron chi connectivity index (χ1n) is 14.3. The Hall–Kier alpha value is -2.87. The fourth-order valence-electron chi connectivity index (χ4n) is 5.41. The molecule has 1 aliphatic carbocycles. The molecule has 3 rings (SSSR count). The molecule has 0 spiro atoms. The maximum absolute atomic E-state index is 13.6. The van der Waals surface area contributed by atoms with Gasteiger partial charge in [0.25, 0.3) is 0 Å². The summed E-state index contributed by atoms with van der Waals surface area (Å²) in [4.78, 5) is 28.7. The van der Waals surface area contributed by atoms with Crippen molar-refractivity contribution in [2.45, 2.75) is 90.6 Å². The van der Waals surface area contributed by atoms with Gasteiger partial charge in [-0.25, -0.2) is 8.42 Å². The Morgan fingerprint density at radius 2 is 1.69 bits per heavy atom. The number of carbonyl (C=O) groups is 2. The first-order valence-corrected chi connectivity index (χ1v) is 16.1. The number of nitrogens with one attached hydrogen (secondary N) is 1. The molecule has 0 unspecified atom stereocenters. The Balaban J connectivity index is 1.73. The van der Waals surface area contributed by atoms with Crippen LogP contribution >= 0.6 is 0 Å². The number of amides is 2. The maximum Gasteiger partial charge on any atom is 0.243 e. The summed E-state index contributed by atoms with van der Waals surface area (Å²) in [5.41, 5.74) is 3.59. The lowest BCUT2D eigenvalue weighted by molar-refractivity contribution is -0.141. The first-order chi connectivity index (χ1) is 18.6. The zero-order valence-corrected chi connectivity index (χ0v) is 24.8. The summed E-state index contributed by atoms with van der Waals surface area (Å²) in [5, 5.41) is 3.21. The Kier molecular flexibility index (Phi) is 11.4. The van der Waals surface area contributed by atoms with Gasteiger partial charge in [0.2, 0.25) is 21.8 Å². The third-order valence-corrected chi connectivity index (χ3v) is 8.79. The second-order valence-corrected chi connectivity index (χ2v) is 12.7. The van der Waals surface area contributed by atoms with Gasteiger partial charge in [0, 0.05) is 25.6 Å². The van der Waals surface area contributed by atoms with Gasteiger partial charge in [-0.2, -0.15) is 0 Å². The average Bonchev–Trinajstić information content (AvgIpc) is 2.91. The van der Waals surface area contributed by atoms with Gasteiger partial charge in [0.1, 0.15) is 6.04 Å². The van der Waals surface area contributed by atoms with Crippen molar-refractivity contribution in [2.24, 2.45) is 0 Å². The molecule has 0 heterocycles. The molecular weight excluding hydrogens is 510 g/mol. The number of benzene rings is 2. The van der Waals surface area contributed by atoms with E-state index in [1.807, 2.05) is 69.3 Å². The molecule has 1 aliphatic rings. The smallest absolute Gasteiger partial charge is 0.243 e. The Morgan fingerprint density at radius 1 is 1.00 bits per heavy atom. The molecule has 39 heavy (non-hydrogen) atoms. The molecule has 0 bridgehead atoms. The third-order valence-electron chi connectivity index (χ3n) is 7.61. The van der Waals surface area contributed by atoms with Gasteiger partial charge in [-0.1, -0.05) is 68.7 Å². The molecule has 0 radical (unpaired) electrons. The van der Waals surface area contributed by atoms with Gasteiger partial charge < -0.3 is 10.2 Å². The Morgan fingerprint density at radius 3 is 2.33 bits per heavy atom. The van der Waals surface area contributed by atoms with Gasteiger partial charge in [-0.05, 0) is 68.7 Å². The minimum atomic E-state index is -3.53. The largest absolute Gasteiger partial charge is 0.352 e. The normalized spacial score (nSPS) is 15.0. The molecule has 2 aromatic carbocycles. The lowest BCUT2D eigenvalue weighted by Crippen LogP contribution is -2.52. The molecular formula is C31H45N3O4S. The van der Waals surface area contributed by atoms with Crippen LogP contribution in [0.25, 0.3) is 0 Å². The van der Waals surface area contributed by atoms with E-state index >= 15 is 0 Å². The predicted molar refractivity (Wildman–Crippen MR) is 158 cm³/mol. The summed E-state index contributed by atoms with van der Waals surface area (Å²) in [6, 6.07) is 15.3. The van der Waals surface area contributed by atoms with Crippen molar-refractivity contribution in [2.75, 3.05) is 23.7 Å². The standard InChI is InChI=1S/C31H45N3O4S/c1-5-28(31(36)32-27-15-10-7-11-16-27)33(22-20-26-13-8-6-9-14-26)30(35)17-12-21-34(39(4,37)38)29-23-24(2)18-19-25(29)3/h6,8-9,13-14,18-19,23,27-28H,5,7,10-12,15-17,20-22H2,1-4H3,(H,32,36)/t28-/m1/s1. The van der Waals surface area contributed by atoms with E-state index in [4.69, 9.17) is 0 Å². The second-order valence-electron chi connectivity index (χ2n) is 10.8. The molecule has 1 N–H and O–H groups in total. The van der Waals surface area contributed by atoms with Crippen molar-refractivity contribution in [3.05, 3.63) is 65.2 Å². The number of hydrogen-bond acceptors (Lipinski definition) is 4. The van der Waals surface area contributed by atoms with Crippen molar-refractivity contribution in [1.82, 2.24) is 10.2 Å². The number of carbonyl (C=O) groups excluding carboxylic acids is 2. The molecule has 1 fully saturated rings. The number of aryl methyl sites for hydroxylation is 2. The Bertz CT molecular complexity index is 1190. The van der Waals surface area contributed by atoms with Crippen LogP contribution in [0.2, 0.25) is 0 Å². The topological polar surface area (TPSA) is 86.8 Å². The average molecular weight is 556 g/mol. The number of hydrogen-bond donors (Lipinski definition) is 1. The third kappa shape index (κ3) is 9.09. The van der Waals surface area contributed by atoms with Crippen LogP contribution in [0.5, 0.6) is 0 Å². The van der Waals surface area contributed by atoms with Crippen molar-refractivity contribution < 1.29 is 18.0 Å². The van der Waals surface area contributed by atoms with Crippen LogP contribution in [0.15, 0.2) is 48.5 Å². The fourth-order valence-corrected chi connectivity index (χ4v) is 6.43. The van der Waals surface area contributed by atoms with Crippen molar-refractivity contribution in [3.8, 4) is 0 Å². The summed E-state index contributed by atoms with van der Waals surface area (Å²) in [7, 11) is -3.53. The van der Waals surface area contributed by atoms with Gasteiger partial charge in [0.05, 0.1) is 11.9 Å². The van der Waals surface area contributed by atoms with E-state index < -0.39 is 16.1 Å². The zero-order valence-electron chi connectivity index (χ0n) is 24.0. The lowest BCUT2D eigenvalue weighted by Gasteiger charge is -2.33. The minimum Gasteiger partial charge on any atom is -0.352 e. The number of nitrogens with zero attached hydrogens (tertiary/aromatic N) is 2. The summed E-state index contributed by atoms with van der Waals surface area (Å²) >= 11 is 0. The van der Waals surface area contributed by atoms with E-state index in [1.54, 1.807) is 4.90 Å². The molecule has 8 heteroatoms. The maximum atomic E-state index is 13.6. The molecule has 1 atom stereocenters. The van der Waals surface area contributed by atoms with Crippen LogP contribution in [0.1, 0.15) is 75.0 Å². The predicted octanol–water partition coefficient (Wildman–Crippen LogP) is 5.15. The highest BCUT2D eigenvalue weighted by Gasteiger charge is 2.30. The molecule has 0 saturated heterocycles. The number of sulfonamides is 1. The molecule has 2 aromatic rings. The highest BCUT2D eigenvalue weighted by Crippen LogP contribution is 2.25. The van der Waals surface area contributed by atoms with Crippen LogP contribution in [-0.2, 0) is 26.0 Å². The molecule has 1 saturated carbocycles. The lowest BCUT2D eigenvalue weighted by atomic mass is 9.95. The van der Waals surface area contributed by atoms with Crippen molar-refractivity contribution in [3.63, 3.8) is 0 Å². The minimum absolute atomic E-state index is 0.0843. The van der Waals surface area contributed by atoms with Crippen LogP contribution in [0.3, 0.4) is 0 Å². The van der Waals surface area contributed by atoms with Crippen LogP contribution < -0.4 is 9.62 Å². The fraction of sp³-hybridized carbons (Fsp3) is 0.548. The van der Waals surface area contributed by atoms with Crippen LogP contribution in [-0.4, -0.2) is 56.6 Å². The first kappa shape index (κ1) is 30.7. The van der Waals surface area contributed by atoms with E-state index in [2.05, 4.69) is 5.32 Å². The van der Waals surface area contributed by atoms with Crippen molar-refractivity contribution >= 4 is 27.5 Å². The monoisotopic (exact) mass is 555 g/mol. The summed E-state index contributed by atoms with van der Waals surface area (Å²) < 4.78 is 26.7. The Labute approximate surface area is 235 Å². The summed E-state index contributed by atoms with van der Waals surface area (Å²) in [5.74, 6) is -0.204. The highest BCUT2D eigenvalue weighted by molar-refractivity contribution is 7.92. The van der Waals surface area contributed by atoms with E-state index in [-0.39, 0.29) is 30.8 Å². The van der Waals surface area contributed by atoms with E-state index in [0.717, 1.165) is 42.4 Å². The second kappa shape index (κ2) is 14.5. The molecule has 0 aromatic heterocycles. The van der Waals surface area contributed by atoms with Gasteiger partial charge >= 0.3 is 0 Å². The molecule has 214 valence electrons. The highest BCUT2D eigenvalue weighted by atomic mass is 32.2. The number of rotatable bonds is 13. The van der Waals surface area contributed by atoms with E-state index in [9.17, 15) is 18.0 Å². The number of anilines is 1. The van der Waals surface area contributed by atoms with E-state index in [1.165, 1.54) is 17.0 Å². The summed E-state index contributed by atoms with van der Waals surface area (Å²) in [6.07, 6.45) is 8.32. The van der Waals surface area contributed by atoms with Gasteiger partial charge in [0.15, 0.2) is 0 Å². The molecule has 2 amide bonds. The quantitative estimate of drug-likeness (QED) is 0.370. The van der Waals surface area contributed by atoms with Crippen molar-refractivity contribution in [1.29, 1.82) is 0 Å². The zero-order chi connectivity index (χ0) is 28.4. The van der Waals surface area contributed by atoms with E-state index in [0.29, 0.717) is 31.5 Å². The summed E-state index contributed by atoms with van der Waals surface area (Å²) in [6.45, 7) is 6.40. The van der Waals surface area contributed by atoms with Gasteiger partial charge in [-0.3, -0.25) is 13.9 Å². The van der Waals surface area contributed by atoms with Crippen LogP contribution in [0.4, 0.5) is 5.69 Å². The SMILES string of the molecule is CC[C@H](C(=O)NC1CCCCC1)N(CCc1ccccc1)C(=O)CCCN(c1cc(C)ccc1C)S(C)(=O)=O. The molecule has 0 aliphatic heterocycles. The van der Waals surface area contributed by atoms with Crippen LogP contribution in [0, 0.1) is 13.8 Å². The van der Waals surface area contributed by atoms with Gasteiger partial charge in [-0.15, -0.1) is 0 Å².